The number of benzene rings is 1. The molecule has 136 valence electrons. The highest BCUT2D eigenvalue weighted by Gasteiger charge is 2.25. The Balaban J connectivity index is 1.57. The van der Waals surface area contributed by atoms with Gasteiger partial charge in [-0.3, -0.25) is 14.3 Å². The van der Waals surface area contributed by atoms with E-state index in [4.69, 9.17) is 0 Å². The number of hydrogen-bond donors (Lipinski definition) is 1. The second kappa shape index (κ2) is 7.06. The molecule has 0 saturated heterocycles. The van der Waals surface area contributed by atoms with Gasteiger partial charge in [-0.15, -0.1) is 0 Å². The maximum absolute atomic E-state index is 12.9. The maximum Gasteiger partial charge on any atom is 0.259 e. The second-order valence-corrected chi connectivity index (χ2v) is 7.54. The van der Waals surface area contributed by atoms with Crippen LogP contribution in [0.4, 0.5) is 5.69 Å². The average Bonchev–Trinajstić information content (AvgIpc) is 3.05. The van der Waals surface area contributed by atoms with Crippen molar-refractivity contribution in [2.75, 3.05) is 5.32 Å². The Bertz CT molecular complexity index is 847. The standard InChI is InChI=1S/C21H25N3O2/c1-24-13-18(20(23-24)15-6-3-2-4-7-15)21(26)22-16-11-10-14-8-5-9-19(25)17(14)12-16/h10-13,15H,2-9H2,1H3,(H,22,26). The number of rotatable bonds is 3. The number of fused-ring (bicyclic) bond motifs is 1. The van der Waals surface area contributed by atoms with Crippen molar-refractivity contribution in [2.45, 2.75) is 57.3 Å². The van der Waals surface area contributed by atoms with Gasteiger partial charge in [-0.05, 0) is 43.4 Å². The SMILES string of the molecule is Cn1cc(C(=O)Nc2ccc3c(c2)C(=O)CCC3)c(C2CCCCC2)n1. The molecule has 2 aliphatic carbocycles. The molecular formula is C21H25N3O2. The highest BCUT2D eigenvalue weighted by atomic mass is 16.1. The Hall–Kier alpha value is -2.43. The minimum atomic E-state index is -0.137. The van der Waals surface area contributed by atoms with Crippen LogP contribution < -0.4 is 5.32 Å². The molecule has 4 rings (SSSR count). The molecule has 0 unspecified atom stereocenters. The lowest BCUT2D eigenvalue weighted by atomic mass is 9.85. The molecule has 0 atom stereocenters. The van der Waals surface area contributed by atoms with Crippen molar-refractivity contribution in [1.82, 2.24) is 9.78 Å². The van der Waals surface area contributed by atoms with Gasteiger partial charge >= 0.3 is 0 Å². The summed E-state index contributed by atoms with van der Waals surface area (Å²) in [5.41, 5.74) is 4.10. The highest BCUT2D eigenvalue weighted by molar-refractivity contribution is 6.06. The molecule has 5 heteroatoms. The summed E-state index contributed by atoms with van der Waals surface area (Å²) in [6.07, 6.45) is 10.1. The number of Topliss-reactive ketones (excluding diaryl/α,β-unsaturated/α-hetero) is 1. The number of amides is 1. The van der Waals surface area contributed by atoms with Crippen LogP contribution in [0.15, 0.2) is 24.4 Å². The fourth-order valence-electron chi connectivity index (χ4n) is 4.26. The van der Waals surface area contributed by atoms with Crippen LogP contribution in [0.1, 0.15) is 82.8 Å². The summed E-state index contributed by atoms with van der Waals surface area (Å²) in [4.78, 5) is 25.0. The van der Waals surface area contributed by atoms with Crippen molar-refractivity contribution in [1.29, 1.82) is 0 Å². The van der Waals surface area contributed by atoms with Crippen LogP contribution in [-0.2, 0) is 13.5 Å². The molecule has 1 aromatic heterocycles. The van der Waals surface area contributed by atoms with E-state index in [-0.39, 0.29) is 11.7 Å². The third-order valence-electron chi connectivity index (χ3n) is 5.61. The molecule has 0 radical (unpaired) electrons. The number of nitrogens with zero attached hydrogens (tertiary/aromatic N) is 2. The van der Waals surface area contributed by atoms with Crippen LogP contribution in [0, 0.1) is 0 Å². The van der Waals surface area contributed by atoms with Crippen molar-refractivity contribution < 1.29 is 9.59 Å². The minimum Gasteiger partial charge on any atom is -0.322 e. The molecule has 1 saturated carbocycles. The smallest absolute Gasteiger partial charge is 0.259 e. The van der Waals surface area contributed by atoms with Crippen molar-refractivity contribution in [3.05, 3.63) is 46.8 Å². The summed E-state index contributed by atoms with van der Waals surface area (Å²) in [5, 5.41) is 7.56. The number of hydrogen-bond acceptors (Lipinski definition) is 3. The third kappa shape index (κ3) is 3.30. The first-order valence-corrected chi connectivity index (χ1v) is 9.63. The number of nitrogens with one attached hydrogen (secondary N) is 1. The van der Waals surface area contributed by atoms with E-state index in [9.17, 15) is 9.59 Å². The first-order valence-electron chi connectivity index (χ1n) is 9.63. The van der Waals surface area contributed by atoms with Gasteiger partial charge in [0.15, 0.2) is 5.78 Å². The lowest BCUT2D eigenvalue weighted by Gasteiger charge is -2.21. The number of ketones is 1. The van der Waals surface area contributed by atoms with Gasteiger partial charge in [-0.25, -0.2) is 0 Å². The predicted octanol–water partition coefficient (Wildman–Crippen LogP) is 4.24. The Morgan fingerprint density at radius 2 is 1.96 bits per heavy atom. The number of anilines is 1. The second-order valence-electron chi connectivity index (χ2n) is 7.54. The van der Waals surface area contributed by atoms with Gasteiger partial charge < -0.3 is 5.32 Å². The minimum absolute atomic E-state index is 0.137. The lowest BCUT2D eigenvalue weighted by molar-refractivity contribution is 0.0970. The zero-order valence-electron chi connectivity index (χ0n) is 15.3. The quantitative estimate of drug-likeness (QED) is 0.899. The summed E-state index contributed by atoms with van der Waals surface area (Å²) < 4.78 is 1.73. The van der Waals surface area contributed by atoms with Crippen LogP contribution in [0.5, 0.6) is 0 Å². The van der Waals surface area contributed by atoms with E-state index in [1.54, 1.807) is 4.68 Å². The predicted molar refractivity (Wildman–Crippen MR) is 101 cm³/mol. The van der Waals surface area contributed by atoms with E-state index < -0.39 is 0 Å². The normalized spacial score (nSPS) is 17.8. The van der Waals surface area contributed by atoms with Gasteiger partial charge in [0.25, 0.3) is 5.91 Å². The summed E-state index contributed by atoms with van der Waals surface area (Å²) in [6.45, 7) is 0. The first kappa shape index (κ1) is 17.0. The van der Waals surface area contributed by atoms with Gasteiger partial charge in [-0.2, -0.15) is 5.10 Å². The summed E-state index contributed by atoms with van der Waals surface area (Å²) in [6, 6.07) is 5.69. The zero-order valence-corrected chi connectivity index (χ0v) is 15.3. The molecule has 1 N–H and O–H groups in total. The van der Waals surface area contributed by atoms with E-state index in [0.29, 0.717) is 23.6 Å². The molecule has 1 fully saturated rings. The van der Waals surface area contributed by atoms with Crippen molar-refractivity contribution in [3.63, 3.8) is 0 Å². The van der Waals surface area contributed by atoms with Crippen molar-refractivity contribution in [2.24, 2.45) is 7.05 Å². The highest BCUT2D eigenvalue weighted by Crippen LogP contribution is 2.34. The molecule has 1 heterocycles. The van der Waals surface area contributed by atoms with Crippen molar-refractivity contribution in [3.8, 4) is 0 Å². The van der Waals surface area contributed by atoms with Gasteiger partial charge in [0.2, 0.25) is 0 Å². The topological polar surface area (TPSA) is 64.0 Å². The fraction of sp³-hybridized carbons (Fsp3) is 0.476. The van der Waals surface area contributed by atoms with Gasteiger partial charge in [0.05, 0.1) is 11.3 Å². The Labute approximate surface area is 153 Å². The molecule has 1 aromatic carbocycles. The summed E-state index contributed by atoms with van der Waals surface area (Å²) >= 11 is 0. The molecular weight excluding hydrogens is 326 g/mol. The third-order valence-corrected chi connectivity index (χ3v) is 5.61. The number of carbonyl (C=O) groups excluding carboxylic acids is 2. The first-order chi connectivity index (χ1) is 12.6. The van der Waals surface area contributed by atoms with Crippen LogP contribution in [0.2, 0.25) is 0 Å². The Kier molecular flexibility index (Phi) is 4.62. The van der Waals surface area contributed by atoms with Gasteiger partial charge in [0.1, 0.15) is 0 Å². The Morgan fingerprint density at radius 1 is 1.15 bits per heavy atom. The van der Waals surface area contributed by atoms with Crippen molar-refractivity contribution >= 4 is 17.4 Å². The van der Waals surface area contributed by atoms with E-state index in [1.807, 2.05) is 31.4 Å². The molecule has 0 aliphatic heterocycles. The monoisotopic (exact) mass is 351 g/mol. The molecule has 2 aliphatic rings. The zero-order chi connectivity index (χ0) is 18.1. The molecule has 26 heavy (non-hydrogen) atoms. The van der Waals surface area contributed by atoms with Crippen LogP contribution in [0.3, 0.4) is 0 Å². The lowest BCUT2D eigenvalue weighted by Crippen LogP contribution is -2.17. The average molecular weight is 351 g/mol. The molecule has 0 spiro atoms. The van der Waals surface area contributed by atoms with Crippen LogP contribution >= 0.6 is 0 Å². The fourth-order valence-corrected chi connectivity index (χ4v) is 4.26. The van der Waals surface area contributed by atoms with E-state index in [1.165, 1.54) is 19.3 Å². The Morgan fingerprint density at radius 3 is 2.77 bits per heavy atom. The summed E-state index contributed by atoms with van der Waals surface area (Å²) in [5.74, 6) is 0.407. The van der Waals surface area contributed by atoms with Gasteiger partial charge in [-0.1, -0.05) is 25.3 Å². The summed E-state index contributed by atoms with van der Waals surface area (Å²) in [7, 11) is 1.86. The molecule has 5 nitrogen and oxygen atoms in total. The van der Waals surface area contributed by atoms with Crippen LogP contribution in [-0.4, -0.2) is 21.5 Å². The van der Waals surface area contributed by atoms with E-state index >= 15 is 0 Å². The van der Waals surface area contributed by atoms with E-state index in [0.717, 1.165) is 42.5 Å². The van der Waals surface area contributed by atoms with Gasteiger partial charge in [0, 0.05) is 36.8 Å². The molecule has 2 aromatic rings. The number of carbonyl (C=O) groups is 2. The number of aryl methyl sites for hydroxylation is 2. The molecule has 0 bridgehead atoms. The van der Waals surface area contributed by atoms with Crippen LogP contribution in [0.25, 0.3) is 0 Å². The van der Waals surface area contributed by atoms with E-state index in [2.05, 4.69) is 10.4 Å². The number of aromatic nitrogens is 2. The largest absolute Gasteiger partial charge is 0.322 e. The molecule has 1 amide bonds. The maximum atomic E-state index is 12.9.